The van der Waals surface area contributed by atoms with Gasteiger partial charge in [-0.3, -0.25) is 14.3 Å². The quantitative estimate of drug-likeness (QED) is 0.650. The average Bonchev–Trinajstić information content (AvgIpc) is 2.92. The van der Waals surface area contributed by atoms with Gasteiger partial charge in [0.05, 0.1) is 22.0 Å². The molecule has 0 aliphatic heterocycles. The topological polar surface area (TPSA) is 82.3 Å². The number of hydrogen-bond acceptors (Lipinski definition) is 4. The van der Waals surface area contributed by atoms with Crippen LogP contribution in [-0.2, 0) is 16.6 Å². The van der Waals surface area contributed by atoms with Gasteiger partial charge in [0.15, 0.2) is 6.10 Å². The smallest absolute Gasteiger partial charge is 0.340 e. The molecule has 7 nitrogen and oxygen atoms in total. The van der Waals surface area contributed by atoms with Crippen LogP contribution in [0.1, 0.15) is 23.0 Å². The van der Waals surface area contributed by atoms with Crippen LogP contribution in [0.15, 0.2) is 59.4 Å². The number of carbonyl (C=O) groups excluding carboxylic acids is 2. The SMILES string of the molecule is Cc1c(NC(=O)C(C)OC(=O)c2ccccc2Cl)c(=O)n(-c2ccccc2)n1C. The van der Waals surface area contributed by atoms with Crippen LogP contribution in [0.4, 0.5) is 5.69 Å². The van der Waals surface area contributed by atoms with E-state index in [0.29, 0.717) is 11.4 Å². The number of anilines is 1. The Labute approximate surface area is 172 Å². The van der Waals surface area contributed by atoms with Crippen molar-refractivity contribution >= 4 is 29.2 Å². The Morgan fingerprint density at radius 2 is 1.69 bits per heavy atom. The lowest BCUT2D eigenvalue weighted by molar-refractivity contribution is -0.123. The van der Waals surface area contributed by atoms with E-state index in [4.69, 9.17) is 16.3 Å². The summed E-state index contributed by atoms with van der Waals surface area (Å²) < 4.78 is 8.30. The molecular weight excluding hydrogens is 394 g/mol. The van der Waals surface area contributed by atoms with E-state index >= 15 is 0 Å². The molecule has 0 spiro atoms. The fraction of sp³-hybridized carbons (Fsp3) is 0.190. The minimum Gasteiger partial charge on any atom is -0.449 e. The van der Waals surface area contributed by atoms with Crippen LogP contribution < -0.4 is 10.9 Å². The maximum absolute atomic E-state index is 12.9. The van der Waals surface area contributed by atoms with Gasteiger partial charge in [0.25, 0.3) is 11.5 Å². The summed E-state index contributed by atoms with van der Waals surface area (Å²) in [6.45, 7) is 3.15. The van der Waals surface area contributed by atoms with Crippen LogP contribution >= 0.6 is 11.6 Å². The Kier molecular flexibility index (Phi) is 5.89. The second-order valence-electron chi connectivity index (χ2n) is 6.45. The van der Waals surface area contributed by atoms with Gasteiger partial charge >= 0.3 is 5.97 Å². The maximum atomic E-state index is 12.9. The van der Waals surface area contributed by atoms with Crippen molar-refractivity contribution in [2.75, 3.05) is 5.32 Å². The third-order valence-electron chi connectivity index (χ3n) is 4.55. The highest BCUT2D eigenvalue weighted by Crippen LogP contribution is 2.18. The Morgan fingerprint density at radius 1 is 1.07 bits per heavy atom. The molecule has 1 atom stereocenters. The first-order valence-electron chi connectivity index (χ1n) is 8.91. The van der Waals surface area contributed by atoms with Crippen molar-refractivity contribution in [1.29, 1.82) is 0 Å². The van der Waals surface area contributed by atoms with Crippen LogP contribution in [0.2, 0.25) is 5.02 Å². The molecule has 150 valence electrons. The first-order chi connectivity index (χ1) is 13.8. The average molecular weight is 414 g/mol. The van der Waals surface area contributed by atoms with Crippen molar-refractivity contribution in [2.24, 2.45) is 7.05 Å². The van der Waals surface area contributed by atoms with Crippen molar-refractivity contribution in [1.82, 2.24) is 9.36 Å². The Balaban J connectivity index is 1.80. The molecule has 0 aliphatic rings. The molecule has 3 rings (SSSR count). The predicted octanol–water partition coefficient (Wildman–Crippen LogP) is 3.32. The van der Waals surface area contributed by atoms with E-state index in [1.165, 1.54) is 17.7 Å². The van der Waals surface area contributed by atoms with Crippen molar-refractivity contribution in [2.45, 2.75) is 20.0 Å². The summed E-state index contributed by atoms with van der Waals surface area (Å²) in [5, 5.41) is 2.81. The van der Waals surface area contributed by atoms with Gasteiger partial charge in [-0.2, -0.15) is 0 Å². The summed E-state index contributed by atoms with van der Waals surface area (Å²) in [5.74, 6) is -1.33. The first kappa shape index (κ1) is 20.4. The summed E-state index contributed by atoms with van der Waals surface area (Å²) in [6.07, 6.45) is -1.12. The first-order valence-corrected chi connectivity index (χ1v) is 9.29. The number of benzene rings is 2. The highest BCUT2D eigenvalue weighted by Gasteiger charge is 2.24. The molecule has 1 aromatic heterocycles. The van der Waals surface area contributed by atoms with Gasteiger partial charge in [0.2, 0.25) is 0 Å². The van der Waals surface area contributed by atoms with Crippen molar-refractivity contribution in [3.8, 4) is 5.69 Å². The molecule has 0 saturated heterocycles. The second kappa shape index (κ2) is 8.36. The number of carbonyl (C=O) groups is 2. The molecule has 1 amide bonds. The zero-order valence-electron chi connectivity index (χ0n) is 16.2. The molecular formula is C21H20ClN3O4. The van der Waals surface area contributed by atoms with E-state index < -0.39 is 18.0 Å². The molecule has 1 N–H and O–H groups in total. The molecule has 0 fully saturated rings. The zero-order chi connectivity index (χ0) is 21.1. The predicted molar refractivity (Wildman–Crippen MR) is 111 cm³/mol. The number of amides is 1. The molecule has 1 heterocycles. The largest absolute Gasteiger partial charge is 0.449 e. The highest BCUT2D eigenvalue weighted by atomic mass is 35.5. The molecule has 0 aliphatic carbocycles. The van der Waals surface area contributed by atoms with E-state index in [9.17, 15) is 14.4 Å². The monoisotopic (exact) mass is 413 g/mol. The molecule has 2 aromatic carbocycles. The molecule has 8 heteroatoms. The van der Waals surface area contributed by atoms with E-state index in [1.807, 2.05) is 18.2 Å². The number of ether oxygens (including phenoxy) is 1. The molecule has 29 heavy (non-hydrogen) atoms. The van der Waals surface area contributed by atoms with E-state index in [1.54, 1.807) is 49.0 Å². The minimum atomic E-state index is -1.12. The summed E-state index contributed by atoms with van der Waals surface area (Å²) >= 11 is 5.98. The lowest BCUT2D eigenvalue weighted by atomic mass is 10.2. The lowest BCUT2D eigenvalue weighted by Crippen LogP contribution is -2.32. The summed E-state index contributed by atoms with van der Waals surface area (Å²) in [5.41, 5.74) is 1.14. The van der Waals surface area contributed by atoms with Gasteiger partial charge < -0.3 is 10.1 Å². The number of nitrogens with one attached hydrogen (secondary N) is 1. The van der Waals surface area contributed by atoms with Crippen molar-refractivity contribution < 1.29 is 14.3 Å². The summed E-state index contributed by atoms with van der Waals surface area (Å²) in [4.78, 5) is 37.7. The number of aromatic nitrogens is 2. The van der Waals surface area contributed by atoms with Gasteiger partial charge in [0.1, 0.15) is 5.69 Å². The third kappa shape index (κ3) is 4.09. The number of hydrogen-bond donors (Lipinski definition) is 1. The number of halogens is 1. The van der Waals surface area contributed by atoms with Crippen molar-refractivity contribution in [3.63, 3.8) is 0 Å². The van der Waals surface area contributed by atoms with Crippen LogP contribution in [0.25, 0.3) is 5.69 Å². The molecule has 0 saturated carbocycles. The standard InChI is InChI=1S/C21H20ClN3O4/c1-13-18(20(27)25(24(13)3)15-9-5-4-6-10-15)23-19(26)14(2)29-21(28)16-11-7-8-12-17(16)22/h4-12,14H,1-3H3,(H,23,26). The van der Waals surface area contributed by atoms with Gasteiger partial charge in [-0.1, -0.05) is 41.9 Å². The molecule has 3 aromatic rings. The number of rotatable bonds is 5. The number of esters is 1. The molecule has 1 unspecified atom stereocenters. The zero-order valence-corrected chi connectivity index (χ0v) is 16.9. The molecule has 0 radical (unpaired) electrons. The van der Waals surface area contributed by atoms with Crippen LogP contribution in [0.3, 0.4) is 0 Å². The summed E-state index contributed by atoms with van der Waals surface area (Å²) in [6, 6.07) is 15.5. The van der Waals surface area contributed by atoms with Crippen LogP contribution in [0, 0.1) is 6.92 Å². The second-order valence-corrected chi connectivity index (χ2v) is 6.86. The minimum absolute atomic E-state index is 0.127. The fourth-order valence-electron chi connectivity index (χ4n) is 2.84. The van der Waals surface area contributed by atoms with E-state index in [-0.39, 0.29) is 21.8 Å². The summed E-state index contributed by atoms with van der Waals surface area (Å²) in [7, 11) is 1.72. The number of para-hydroxylation sites is 1. The van der Waals surface area contributed by atoms with Gasteiger partial charge in [0, 0.05) is 7.05 Å². The normalized spacial score (nSPS) is 11.7. The van der Waals surface area contributed by atoms with Crippen LogP contribution in [-0.4, -0.2) is 27.3 Å². The Bertz CT molecular complexity index is 1120. The van der Waals surface area contributed by atoms with Gasteiger partial charge in [-0.25, -0.2) is 9.48 Å². The third-order valence-corrected chi connectivity index (χ3v) is 4.88. The Hall–Kier alpha value is -3.32. The van der Waals surface area contributed by atoms with Crippen LogP contribution in [0.5, 0.6) is 0 Å². The lowest BCUT2D eigenvalue weighted by Gasteiger charge is -2.13. The highest BCUT2D eigenvalue weighted by molar-refractivity contribution is 6.33. The molecule has 0 bridgehead atoms. The van der Waals surface area contributed by atoms with Gasteiger partial charge in [-0.15, -0.1) is 0 Å². The number of nitrogens with zero attached hydrogens (tertiary/aromatic N) is 2. The Morgan fingerprint density at radius 3 is 2.34 bits per heavy atom. The van der Waals surface area contributed by atoms with E-state index in [0.717, 1.165) is 0 Å². The maximum Gasteiger partial charge on any atom is 0.340 e. The van der Waals surface area contributed by atoms with Gasteiger partial charge in [-0.05, 0) is 38.1 Å². The van der Waals surface area contributed by atoms with E-state index in [2.05, 4.69) is 5.32 Å². The fourth-order valence-corrected chi connectivity index (χ4v) is 3.05. The van der Waals surface area contributed by atoms with Crippen molar-refractivity contribution in [3.05, 3.63) is 81.2 Å².